The molecule has 0 spiro atoms. The van der Waals surface area contributed by atoms with Crippen molar-refractivity contribution >= 4 is 16.8 Å². The molecule has 4 nitrogen and oxygen atoms in total. The summed E-state index contributed by atoms with van der Waals surface area (Å²) in [6.07, 6.45) is 4.88. The van der Waals surface area contributed by atoms with Crippen molar-refractivity contribution in [3.05, 3.63) is 65.7 Å². The Morgan fingerprint density at radius 2 is 1.63 bits per heavy atom. The predicted molar refractivity (Wildman–Crippen MR) is 124 cm³/mol. The fourth-order valence-electron chi connectivity index (χ4n) is 4.50. The van der Waals surface area contributed by atoms with E-state index < -0.39 is 0 Å². The van der Waals surface area contributed by atoms with Crippen molar-refractivity contribution in [2.45, 2.75) is 32.6 Å². The molecule has 0 saturated heterocycles. The molecule has 4 rings (SSSR count). The van der Waals surface area contributed by atoms with Crippen LogP contribution in [0.15, 0.2) is 54.6 Å². The summed E-state index contributed by atoms with van der Waals surface area (Å²) in [4.78, 5) is 18.0. The van der Waals surface area contributed by atoms with Gasteiger partial charge in [-0.3, -0.25) is 4.79 Å². The summed E-state index contributed by atoms with van der Waals surface area (Å²) in [5.41, 5.74) is 4.64. The van der Waals surface area contributed by atoms with Gasteiger partial charge in [-0.2, -0.15) is 0 Å². The highest BCUT2D eigenvalue weighted by Crippen LogP contribution is 2.29. The first-order valence-electron chi connectivity index (χ1n) is 11.0. The third kappa shape index (κ3) is 4.71. The van der Waals surface area contributed by atoms with Gasteiger partial charge in [0, 0.05) is 17.5 Å². The average Bonchev–Trinajstić information content (AvgIpc) is 2.78. The highest BCUT2D eigenvalue weighted by Gasteiger charge is 2.22. The summed E-state index contributed by atoms with van der Waals surface area (Å²) in [5.74, 6) is 1.36. The Hall–Kier alpha value is -2.72. The molecule has 2 N–H and O–H groups in total. The number of carbonyl (C=O) groups is 1. The minimum Gasteiger partial charge on any atom is -0.352 e. The lowest BCUT2D eigenvalue weighted by molar-refractivity contribution is 0.0943. The van der Waals surface area contributed by atoms with E-state index in [4.69, 9.17) is 4.98 Å². The van der Waals surface area contributed by atoms with Crippen LogP contribution in [0.4, 0.5) is 0 Å². The first-order valence-corrected chi connectivity index (χ1v) is 11.0. The molecule has 30 heavy (non-hydrogen) atoms. The molecule has 0 unspecified atom stereocenters. The summed E-state index contributed by atoms with van der Waals surface area (Å²) in [5, 5.41) is 7.41. The number of rotatable bonds is 6. The van der Waals surface area contributed by atoms with Crippen LogP contribution in [0.3, 0.4) is 0 Å². The quantitative estimate of drug-likeness (QED) is 0.613. The third-order valence-corrected chi connectivity index (χ3v) is 6.32. The summed E-state index contributed by atoms with van der Waals surface area (Å²) >= 11 is 0. The van der Waals surface area contributed by atoms with Crippen molar-refractivity contribution in [1.29, 1.82) is 0 Å². The Kier molecular flexibility index (Phi) is 6.44. The monoisotopic (exact) mass is 401 g/mol. The van der Waals surface area contributed by atoms with Crippen LogP contribution in [0.2, 0.25) is 0 Å². The molecule has 0 atom stereocenters. The molecule has 0 bridgehead atoms. The van der Waals surface area contributed by atoms with E-state index in [9.17, 15) is 4.79 Å². The number of aromatic nitrogens is 1. The molecule has 1 fully saturated rings. The van der Waals surface area contributed by atoms with Crippen molar-refractivity contribution in [3.8, 4) is 11.3 Å². The molecule has 1 aliphatic rings. The van der Waals surface area contributed by atoms with Crippen molar-refractivity contribution in [2.75, 3.05) is 20.1 Å². The van der Waals surface area contributed by atoms with Crippen LogP contribution >= 0.6 is 0 Å². The predicted octanol–water partition coefficient (Wildman–Crippen LogP) is 4.97. The molecule has 1 heterocycles. The maximum absolute atomic E-state index is 13.2. The van der Waals surface area contributed by atoms with Crippen LogP contribution in [0.1, 0.15) is 41.6 Å². The number of benzene rings is 2. The van der Waals surface area contributed by atoms with Gasteiger partial charge in [-0.1, -0.05) is 48.0 Å². The number of fused-ring (bicyclic) bond motifs is 1. The van der Waals surface area contributed by atoms with Gasteiger partial charge >= 0.3 is 0 Å². The van der Waals surface area contributed by atoms with E-state index in [1.165, 1.54) is 31.2 Å². The van der Waals surface area contributed by atoms with Crippen LogP contribution in [-0.4, -0.2) is 31.0 Å². The highest BCUT2D eigenvalue weighted by atomic mass is 16.1. The number of pyridine rings is 1. The number of nitrogens with zero attached hydrogens (tertiary/aromatic N) is 1. The zero-order valence-corrected chi connectivity index (χ0v) is 17.9. The number of hydrogen-bond acceptors (Lipinski definition) is 3. The fraction of sp³-hybridized carbons (Fsp3) is 0.385. The van der Waals surface area contributed by atoms with Gasteiger partial charge in [0.1, 0.15) is 0 Å². The van der Waals surface area contributed by atoms with Crippen molar-refractivity contribution < 1.29 is 4.79 Å². The van der Waals surface area contributed by atoms with Crippen molar-refractivity contribution in [2.24, 2.45) is 11.8 Å². The Bertz CT molecular complexity index is 1000. The van der Waals surface area contributed by atoms with E-state index in [1.807, 2.05) is 37.4 Å². The fourth-order valence-corrected chi connectivity index (χ4v) is 4.50. The molecule has 1 aliphatic carbocycles. The standard InChI is InChI=1S/C26H31N3O/c1-18-7-13-21(14-8-18)25-15-23(22-5-3-4-6-24(22)29-25)26(30)28-17-20-11-9-19(10-12-20)16-27-2/h3-8,13-15,19-20,27H,9-12,16-17H2,1-2H3,(H,28,30)/t19-,20-. The summed E-state index contributed by atoms with van der Waals surface area (Å²) in [6.45, 7) is 3.92. The van der Waals surface area contributed by atoms with E-state index >= 15 is 0 Å². The highest BCUT2D eigenvalue weighted by molar-refractivity contribution is 6.07. The van der Waals surface area contributed by atoms with E-state index in [0.717, 1.165) is 41.2 Å². The van der Waals surface area contributed by atoms with Crippen LogP contribution in [0, 0.1) is 18.8 Å². The average molecular weight is 402 g/mol. The normalized spacial score (nSPS) is 19.0. The molecule has 1 aromatic heterocycles. The molecule has 156 valence electrons. The second kappa shape index (κ2) is 9.40. The Morgan fingerprint density at radius 1 is 0.967 bits per heavy atom. The lowest BCUT2D eigenvalue weighted by atomic mass is 9.82. The lowest BCUT2D eigenvalue weighted by Crippen LogP contribution is -2.32. The second-order valence-corrected chi connectivity index (χ2v) is 8.59. The van der Waals surface area contributed by atoms with Gasteiger partial charge in [0.15, 0.2) is 0 Å². The lowest BCUT2D eigenvalue weighted by Gasteiger charge is -2.28. The minimum absolute atomic E-state index is 0.000639. The summed E-state index contributed by atoms with van der Waals surface area (Å²) < 4.78 is 0. The molecule has 1 saturated carbocycles. The second-order valence-electron chi connectivity index (χ2n) is 8.59. The van der Waals surface area contributed by atoms with Gasteiger partial charge in [-0.15, -0.1) is 0 Å². The van der Waals surface area contributed by atoms with E-state index in [1.54, 1.807) is 0 Å². The number of hydrogen-bond donors (Lipinski definition) is 2. The maximum atomic E-state index is 13.2. The molecule has 2 aromatic carbocycles. The van der Waals surface area contributed by atoms with E-state index in [-0.39, 0.29) is 5.91 Å². The van der Waals surface area contributed by atoms with Gasteiger partial charge in [-0.05, 0) is 70.2 Å². The molecule has 4 heteroatoms. The molecule has 0 radical (unpaired) electrons. The maximum Gasteiger partial charge on any atom is 0.252 e. The summed E-state index contributed by atoms with van der Waals surface area (Å²) in [6, 6.07) is 18.1. The first kappa shape index (κ1) is 20.5. The zero-order chi connectivity index (χ0) is 20.9. The van der Waals surface area contributed by atoms with E-state index in [2.05, 4.69) is 41.8 Å². The largest absolute Gasteiger partial charge is 0.352 e. The number of amides is 1. The topological polar surface area (TPSA) is 54.0 Å². The SMILES string of the molecule is CNC[C@H]1CC[C@H](CNC(=O)c2cc(-c3ccc(C)cc3)nc3ccccc23)CC1. The number of para-hydroxylation sites is 1. The first-order chi connectivity index (χ1) is 14.6. The smallest absolute Gasteiger partial charge is 0.252 e. The van der Waals surface area contributed by atoms with Crippen molar-refractivity contribution in [3.63, 3.8) is 0 Å². The van der Waals surface area contributed by atoms with Gasteiger partial charge in [0.25, 0.3) is 5.91 Å². The van der Waals surface area contributed by atoms with Crippen LogP contribution < -0.4 is 10.6 Å². The Morgan fingerprint density at radius 3 is 2.33 bits per heavy atom. The number of aryl methyl sites for hydroxylation is 1. The minimum atomic E-state index is -0.000639. The Balaban J connectivity index is 1.52. The number of carbonyl (C=O) groups excluding carboxylic acids is 1. The molecular weight excluding hydrogens is 370 g/mol. The molecular formula is C26H31N3O. The van der Waals surface area contributed by atoms with Crippen LogP contribution in [-0.2, 0) is 0 Å². The Labute approximate surface area is 179 Å². The van der Waals surface area contributed by atoms with Crippen LogP contribution in [0.25, 0.3) is 22.2 Å². The molecule has 0 aliphatic heterocycles. The molecule has 1 amide bonds. The molecule has 3 aromatic rings. The van der Waals surface area contributed by atoms with Crippen molar-refractivity contribution in [1.82, 2.24) is 15.6 Å². The summed E-state index contributed by atoms with van der Waals surface area (Å²) in [7, 11) is 2.02. The van der Waals surface area contributed by atoms with Gasteiger partial charge < -0.3 is 10.6 Å². The van der Waals surface area contributed by atoms with Crippen LogP contribution in [0.5, 0.6) is 0 Å². The van der Waals surface area contributed by atoms with E-state index in [0.29, 0.717) is 11.5 Å². The van der Waals surface area contributed by atoms with Gasteiger partial charge in [0.2, 0.25) is 0 Å². The number of nitrogens with one attached hydrogen (secondary N) is 2. The zero-order valence-electron chi connectivity index (χ0n) is 17.9. The third-order valence-electron chi connectivity index (χ3n) is 6.32. The van der Waals surface area contributed by atoms with Gasteiger partial charge in [0.05, 0.1) is 16.8 Å². The van der Waals surface area contributed by atoms with Gasteiger partial charge in [-0.25, -0.2) is 4.98 Å².